The number of hydrogen-bond acceptors (Lipinski definition) is 2. The molecule has 0 unspecified atom stereocenters. The topological polar surface area (TPSA) is 35.2 Å². The average Bonchev–Trinajstić information content (AvgIpc) is 2.20. The first-order chi connectivity index (χ1) is 7.63. The van der Waals surface area contributed by atoms with Gasteiger partial charge < -0.3 is 10.5 Å². The molecule has 0 saturated carbocycles. The predicted octanol–water partition coefficient (Wildman–Crippen LogP) is 3.80. The van der Waals surface area contributed by atoms with Crippen LogP contribution in [0, 0.1) is 9.39 Å². The van der Waals surface area contributed by atoms with Gasteiger partial charge in [-0.15, -0.1) is 0 Å². The molecule has 0 aliphatic heterocycles. The molecule has 2 nitrogen and oxygen atoms in total. The van der Waals surface area contributed by atoms with E-state index in [9.17, 15) is 4.39 Å². The van der Waals surface area contributed by atoms with Gasteiger partial charge in [0.25, 0.3) is 0 Å². The Morgan fingerprint density at radius 3 is 2.31 bits per heavy atom. The minimum Gasteiger partial charge on any atom is -0.457 e. The second kappa shape index (κ2) is 4.69. The van der Waals surface area contributed by atoms with E-state index in [0.717, 1.165) is 3.57 Å². The normalized spacial score (nSPS) is 10.1. The van der Waals surface area contributed by atoms with E-state index in [1.54, 1.807) is 6.07 Å². The van der Waals surface area contributed by atoms with Crippen molar-refractivity contribution < 1.29 is 9.13 Å². The quantitative estimate of drug-likeness (QED) is 0.672. The zero-order valence-corrected chi connectivity index (χ0v) is 10.4. The van der Waals surface area contributed by atoms with Gasteiger partial charge in [0.05, 0.1) is 0 Å². The third kappa shape index (κ3) is 2.85. The molecule has 0 saturated heterocycles. The van der Waals surface area contributed by atoms with Crippen molar-refractivity contribution in [3.05, 3.63) is 51.9 Å². The van der Waals surface area contributed by atoms with E-state index in [1.807, 2.05) is 24.3 Å². The minimum absolute atomic E-state index is 0.348. The van der Waals surface area contributed by atoms with E-state index < -0.39 is 5.82 Å². The Bertz CT molecular complexity index is 479. The zero-order chi connectivity index (χ0) is 11.5. The number of ether oxygens (including phenoxy) is 1. The largest absolute Gasteiger partial charge is 0.457 e. The van der Waals surface area contributed by atoms with Crippen LogP contribution in [0.2, 0.25) is 0 Å². The number of benzene rings is 2. The first kappa shape index (κ1) is 11.2. The van der Waals surface area contributed by atoms with Crippen LogP contribution in [0.4, 0.5) is 10.1 Å². The van der Waals surface area contributed by atoms with Gasteiger partial charge in [-0.2, -0.15) is 0 Å². The Kier molecular flexibility index (Phi) is 3.28. The molecule has 0 bridgehead atoms. The molecule has 0 aliphatic carbocycles. The molecule has 2 aromatic rings. The van der Waals surface area contributed by atoms with Crippen LogP contribution in [-0.4, -0.2) is 0 Å². The van der Waals surface area contributed by atoms with Gasteiger partial charge in [-0.1, -0.05) is 0 Å². The van der Waals surface area contributed by atoms with Crippen molar-refractivity contribution in [2.24, 2.45) is 0 Å². The van der Waals surface area contributed by atoms with E-state index in [2.05, 4.69) is 22.6 Å². The van der Waals surface area contributed by atoms with Gasteiger partial charge in [0.2, 0.25) is 0 Å². The summed E-state index contributed by atoms with van der Waals surface area (Å²) in [5.41, 5.74) is 5.86. The summed E-state index contributed by atoms with van der Waals surface area (Å²) in [4.78, 5) is 0. The molecule has 0 aliphatic rings. The van der Waals surface area contributed by atoms with Crippen molar-refractivity contribution in [3.8, 4) is 11.5 Å². The highest BCUT2D eigenvalue weighted by Gasteiger charge is 2.01. The number of nitrogen functional groups attached to an aromatic ring is 1. The third-order valence-corrected chi connectivity index (χ3v) is 2.66. The highest BCUT2D eigenvalue weighted by molar-refractivity contribution is 14.1. The highest BCUT2D eigenvalue weighted by Crippen LogP contribution is 2.24. The van der Waals surface area contributed by atoms with E-state index >= 15 is 0 Å². The summed E-state index contributed by atoms with van der Waals surface area (Å²) in [6.07, 6.45) is 0. The number of anilines is 1. The lowest BCUT2D eigenvalue weighted by molar-refractivity contribution is 0.477. The van der Waals surface area contributed by atoms with Crippen LogP contribution in [0.15, 0.2) is 42.5 Å². The van der Waals surface area contributed by atoms with E-state index in [4.69, 9.17) is 10.5 Å². The van der Waals surface area contributed by atoms with Gasteiger partial charge in [-0.3, -0.25) is 0 Å². The number of halogens is 2. The molecule has 16 heavy (non-hydrogen) atoms. The molecule has 0 spiro atoms. The van der Waals surface area contributed by atoms with Crippen LogP contribution in [-0.2, 0) is 0 Å². The van der Waals surface area contributed by atoms with Crippen LogP contribution in [0.5, 0.6) is 11.5 Å². The summed E-state index contributed by atoms with van der Waals surface area (Å²) in [6.45, 7) is 0. The van der Waals surface area contributed by atoms with E-state index in [0.29, 0.717) is 17.2 Å². The highest BCUT2D eigenvalue weighted by atomic mass is 127. The fourth-order valence-corrected chi connectivity index (χ4v) is 1.64. The Balaban J connectivity index is 2.23. The molecular weight excluding hydrogens is 320 g/mol. The Hall–Kier alpha value is -1.30. The van der Waals surface area contributed by atoms with Crippen molar-refractivity contribution in [3.63, 3.8) is 0 Å². The van der Waals surface area contributed by atoms with Crippen molar-refractivity contribution in [2.45, 2.75) is 0 Å². The van der Waals surface area contributed by atoms with Crippen LogP contribution < -0.4 is 10.5 Å². The lowest BCUT2D eigenvalue weighted by atomic mass is 10.3. The standard InChI is InChI=1S/C12H9FINO/c13-8-5-10(15)7-12(6-8)16-11-3-1-9(14)2-4-11/h1-7H,15H2. The van der Waals surface area contributed by atoms with Crippen molar-refractivity contribution in [1.82, 2.24) is 0 Å². The molecule has 2 aromatic carbocycles. The maximum atomic E-state index is 13.0. The molecule has 4 heteroatoms. The van der Waals surface area contributed by atoms with E-state index in [1.165, 1.54) is 12.1 Å². The van der Waals surface area contributed by atoms with Gasteiger partial charge in [0, 0.05) is 21.4 Å². The van der Waals surface area contributed by atoms with E-state index in [-0.39, 0.29) is 0 Å². The second-order valence-electron chi connectivity index (χ2n) is 3.28. The number of rotatable bonds is 2. The van der Waals surface area contributed by atoms with Crippen LogP contribution >= 0.6 is 22.6 Å². The third-order valence-electron chi connectivity index (χ3n) is 1.94. The molecule has 0 heterocycles. The maximum Gasteiger partial charge on any atom is 0.132 e. The fraction of sp³-hybridized carbons (Fsp3) is 0. The first-order valence-corrected chi connectivity index (χ1v) is 5.71. The lowest BCUT2D eigenvalue weighted by Gasteiger charge is -2.06. The van der Waals surface area contributed by atoms with Gasteiger partial charge >= 0.3 is 0 Å². The van der Waals surface area contributed by atoms with Crippen molar-refractivity contribution in [2.75, 3.05) is 5.73 Å². The summed E-state index contributed by atoms with van der Waals surface area (Å²) in [5, 5.41) is 0. The molecule has 0 amide bonds. The Morgan fingerprint density at radius 1 is 1.00 bits per heavy atom. The molecule has 0 atom stereocenters. The molecule has 0 aromatic heterocycles. The fourth-order valence-electron chi connectivity index (χ4n) is 1.28. The average molecular weight is 329 g/mol. The van der Waals surface area contributed by atoms with Gasteiger partial charge in [0.15, 0.2) is 0 Å². The number of nitrogens with two attached hydrogens (primary N) is 1. The summed E-state index contributed by atoms with van der Waals surface area (Å²) in [7, 11) is 0. The smallest absolute Gasteiger partial charge is 0.132 e. The maximum absolute atomic E-state index is 13.0. The number of hydrogen-bond donors (Lipinski definition) is 1. The molecule has 2 rings (SSSR count). The summed E-state index contributed by atoms with van der Waals surface area (Å²) in [5.74, 6) is 0.657. The van der Waals surface area contributed by atoms with Crippen LogP contribution in [0.25, 0.3) is 0 Å². The molecule has 0 radical (unpaired) electrons. The Morgan fingerprint density at radius 2 is 1.69 bits per heavy atom. The predicted molar refractivity (Wildman–Crippen MR) is 70.0 cm³/mol. The SMILES string of the molecule is Nc1cc(F)cc(Oc2ccc(I)cc2)c1. The summed E-state index contributed by atoms with van der Waals surface area (Å²) < 4.78 is 19.6. The molecular formula is C12H9FINO. The summed E-state index contributed by atoms with van der Waals surface area (Å²) >= 11 is 2.20. The van der Waals surface area contributed by atoms with Crippen LogP contribution in [0.1, 0.15) is 0 Å². The minimum atomic E-state index is -0.402. The monoisotopic (exact) mass is 329 g/mol. The second-order valence-corrected chi connectivity index (χ2v) is 4.52. The van der Waals surface area contributed by atoms with Crippen molar-refractivity contribution in [1.29, 1.82) is 0 Å². The van der Waals surface area contributed by atoms with Gasteiger partial charge in [-0.25, -0.2) is 4.39 Å². The molecule has 2 N–H and O–H groups in total. The van der Waals surface area contributed by atoms with Crippen molar-refractivity contribution >= 4 is 28.3 Å². The molecule has 82 valence electrons. The summed E-state index contributed by atoms with van der Waals surface area (Å²) in [6, 6.07) is 11.6. The first-order valence-electron chi connectivity index (χ1n) is 4.63. The van der Waals surface area contributed by atoms with Crippen LogP contribution in [0.3, 0.4) is 0 Å². The zero-order valence-electron chi connectivity index (χ0n) is 8.28. The van der Waals surface area contributed by atoms with Gasteiger partial charge in [0.1, 0.15) is 17.3 Å². The van der Waals surface area contributed by atoms with Gasteiger partial charge in [-0.05, 0) is 52.9 Å². The molecule has 0 fully saturated rings. The lowest BCUT2D eigenvalue weighted by Crippen LogP contribution is -1.90. The Labute approximate surface area is 106 Å².